The Morgan fingerprint density at radius 1 is 1.22 bits per heavy atom. The second-order valence-corrected chi connectivity index (χ2v) is 5.31. The fraction of sp³-hybridized carbons (Fsp3) is 0.583. The Hall–Kier alpha value is -1.36. The number of anilines is 1. The van der Waals surface area contributed by atoms with E-state index in [1.54, 1.807) is 0 Å². The molecule has 2 aliphatic carbocycles. The van der Waals surface area contributed by atoms with Crippen LogP contribution in [0.15, 0.2) is 12.4 Å². The zero-order valence-electron chi connectivity index (χ0n) is 9.90. The maximum Gasteiger partial charge on any atom is 0.242 e. The first-order valence-corrected chi connectivity index (χ1v) is 6.67. The predicted octanol–water partition coefficient (Wildman–Crippen LogP) is 2.01. The molecule has 6 heteroatoms. The molecular formula is C12H15ClN4O. The van der Waals surface area contributed by atoms with Crippen molar-refractivity contribution >= 4 is 23.3 Å². The number of aromatic nitrogens is 2. The molecule has 0 aromatic carbocycles. The molecule has 0 spiro atoms. The van der Waals surface area contributed by atoms with Crippen molar-refractivity contribution in [3.05, 3.63) is 17.5 Å². The van der Waals surface area contributed by atoms with Gasteiger partial charge >= 0.3 is 0 Å². The molecule has 1 amide bonds. The summed E-state index contributed by atoms with van der Waals surface area (Å²) >= 11 is 5.84. The minimum atomic E-state index is 0.0496. The topological polar surface area (TPSA) is 66.9 Å². The van der Waals surface area contributed by atoms with Crippen molar-refractivity contribution in [2.24, 2.45) is 17.8 Å². The Bertz CT molecular complexity index is 455. The highest BCUT2D eigenvalue weighted by atomic mass is 35.5. The van der Waals surface area contributed by atoms with Crippen molar-refractivity contribution in [3.63, 3.8) is 0 Å². The third kappa shape index (κ3) is 2.14. The number of carbonyl (C=O) groups excluding carboxylic acids is 1. The lowest BCUT2D eigenvalue weighted by Crippen LogP contribution is -2.32. The number of rotatable bonds is 3. The van der Waals surface area contributed by atoms with Crippen molar-refractivity contribution in [3.8, 4) is 0 Å². The molecule has 0 aliphatic heterocycles. The molecular weight excluding hydrogens is 252 g/mol. The van der Waals surface area contributed by atoms with Crippen LogP contribution in [0.5, 0.6) is 0 Å². The smallest absolute Gasteiger partial charge is 0.242 e. The molecule has 96 valence electrons. The van der Waals surface area contributed by atoms with E-state index in [1.807, 2.05) is 0 Å². The van der Waals surface area contributed by atoms with Crippen LogP contribution in [0.3, 0.4) is 0 Å². The SMILES string of the molecule is O=C(NNc1nccnc1Cl)[C@H]1[C@@H]2CCCC[C@@H]21. The number of amides is 1. The lowest BCUT2D eigenvalue weighted by molar-refractivity contribution is -0.122. The molecule has 5 nitrogen and oxygen atoms in total. The number of fused-ring (bicyclic) bond motifs is 1. The van der Waals surface area contributed by atoms with Gasteiger partial charge in [0.25, 0.3) is 0 Å². The molecule has 0 unspecified atom stereocenters. The van der Waals surface area contributed by atoms with Gasteiger partial charge < -0.3 is 0 Å². The molecule has 2 aliphatic rings. The summed E-state index contributed by atoms with van der Waals surface area (Å²) in [6.45, 7) is 0. The first-order valence-electron chi connectivity index (χ1n) is 6.30. The first-order chi connectivity index (χ1) is 8.77. The van der Waals surface area contributed by atoms with Gasteiger partial charge in [-0.1, -0.05) is 24.4 Å². The maximum absolute atomic E-state index is 12.0. The van der Waals surface area contributed by atoms with Gasteiger partial charge in [0.1, 0.15) is 0 Å². The molecule has 1 heterocycles. The Labute approximate surface area is 110 Å². The van der Waals surface area contributed by atoms with Gasteiger partial charge in [0, 0.05) is 18.3 Å². The Kier molecular flexibility index (Phi) is 3.07. The quantitative estimate of drug-likeness (QED) is 0.822. The summed E-state index contributed by atoms with van der Waals surface area (Å²) in [5.74, 6) is 1.80. The van der Waals surface area contributed by atoms with Gasteiger partial charge in [0.15, 0.2) is 11.0 Å². The third-order valence-corrected chi connectivity index (χ3v) is 4.19. The fourth-order valence-corrected chi connectivity index (χ4v) is 3.14. The van der Waals surface area contributed by atoms with Crippen LogP contribution in [0.25, 0.3) is 0 Å². The van der Waals surface area contributed by atoms with Crippen LogP contribution in [-0.2, 0) is 4.79 Å². The van der Waals surface area contributed by atoms with Gasteiger partial charge in [-0.3, -0.25) is 15.6 Å². The Morgan fingerprint density at radius 2 is 1.89 bits per heavy atom. The summed E-state index contributed by atoms with van der Waals surface area (Å²) in [7, 11) is 0. The van der Waals surface area contributed by atoms with Crippen molar-refractivity contribution in [2.45, 2.75) is 25.7 Å². The summed E-state index contributed by atoms with van der Waals surface area (Å²) < 4.78 is 0. The first kappa shape index (κ1) is 11.7. The van der Waals surface area contributed by atoms with E-state index in [2.05, 4.69) is 20.8 Å². The van der Waals surface area contributed by atoms with Gasteiger partial charge in [-0.15, -0.1) is 0 Å². The zero-order valence-corrected chi connectivity index (χ0v) is 10.7. The normalized spacial score (nSPS) is 29.3. The highest BCUT2D eigenvalue weighted by Crippen LogP contribution is 2.55. The third-order valence-electron chi connectivity index (χ3n) is 3.92. The van der Waals surface area contributed by atoms with Gasteiger partial charge in [-0.25, -0.2) is 9.97 Å². The highest BCUT2D eigenvalue weighted by Gasteiger charge is 2.54. The van der Waals surface area contributed by atoms with Crippen LogP contribution < -0.4 is 10.9 Å². The van der Waals surface area contributed by atoms with Crippen LogP contribution in [0.2, 0.25) is 5.15 Å². The molecule has 0 saturated heterocycles. The zero-order chi connectivity index (χ0) is 12.5. The average Bonchev–Trinajstić information content (AvgIpc) is 3.12. The molecule has 0 bridgehead atoms. The molecule has 3 rings (SSSR count). The molecule has 2 N–H and O–H groups in total. The molecule has 1 aromatic heterocycles. The van der Waals surface area contributed by atoms with E-state index in [0.717, 1.165) is 0 Å². The van der Waals surface area contributed by atoms with Gasteiger partial charge in [0.05, 0.1) is 0 Å². The van der Waals surface area contributed by atoms with E-state index in [-0.39, 0.29) is 17.0 Å². The molecule has 0 radical (unpaired) electrons. The number of halogens is 1. The van der Waals surface area contributed by atoms with Crippen LogP contribution >= 0.6 is 11.6 Å². The molecule has 1 aromatic rings. The highest BCUT2D eigenvalue weighted by molar-refractivity contribution is 6.31. The molecule has 18 heavy (non-hydrogen) atoms. The predicted molar refractivity (Wildman–Crippen MR) is 67.7 cm³/mol. The number of hydrazine groups is 1. The van der Waals surface area contributed by atoms with Gasteiger partial charge in [-0.05, 0) is 24.7 Å². The van der Waals surface area contributed by atoms with Crippen molar-refractivity contribution in [1.82, 2.24) is 15.4 Å². The van der Waals surface area contributed by atoms with Crippen LogP contribution in [-0.4, -0.2) is 15.9 Å². The molecule has 2 saturated carbocycles. The van der Waals surface area contributed by atoms with Crippen LogP contribution in [0.4, 0.5) is 5.82 Å². The van der Waals surface area contributed by atoms with E-state index in [4.69, 9.17) is 11.6 Å². The summed E-state index contributed by atoms with van der Waals surface area (Å²) in [6.07, 6.45) is 7.92. The number of nitrogens with one attached hydrogen (secondary N) is 2. The summed E-state index contributed by atoms with van der Waals surface area (Å²) in [6, 6.07) is 0. The fourth-order valence-electron chi connectivity index (χ4n) is 2.99. The van der Waals surface area contributed by atoms with Crippen molar-refractivity contribution in [1.29, 1.82) is 0 Å². The lowest BCUT2D eigenvalue weighted by atomic mass is 10.0. The molecule has 3 atom stereocenters. The van der Waals surface area contributed by atoms with Gasteiger partial charge in [-0.2, -0.15) is 0 Å². The van der Waals surface area contributed by atoms with Crippen molar-refractivity contribution in [2.75, 3.05) is 5.43 Å². The number of hydrogen-bond acceptors (Lipinski definition) is 4. The second-order valence-electron chi connectivity index (χ2n) is 4.95. The summed E-state index contributed by atoms with van der Waals surface area (Å²) in [5, 5.41) is 0.256. The van der Waals surface area contributed by atoms with Crippen molar-refractivity contribution < 1.29 is 4.79 Å². The van der Waals surface area contributed by atoms with E-state index in [1.165, 1.54) is 38.1 Å². The number of hydrogen-bond donors (Lipinski definition) is 2. The Balaban J connectivity index is 1.55. The lowest BCUT2D eigenvalue weighted by Gasteiger charge is -2.07. The van der Waals surface area contributed by atoms with E-state index in [9.17, 15) is 4.79 Å². The standard InChI is InChI=1S/C12H15ClN4O/c13-10-11(15-6-5-14-10)16-17-12(18)9-7-3-1-2-4-8(7)9/h5-9H,1-4H2,(H,15,16)(H,17,18)/t7-,8+,9+. The maximum atomic E-state index is 12.0. The summed E-state index contributed by atoms with van der Waals surface area (Å²) in [5.41, 5.74) is 5.42. The number of nitrogens with zero attached hydrogens (tertiary/aromatic N) is 2. The van der Waals surface area contributed by atoms with Crippen LogP contribution in [0.1, 0.15) is 25.7 Å². The Morgan fingerprint density at radius 3 is 2.56 bits per heavy atom. The van der Waals surface area contributed by atoms with Gasteiger partial charge in [0.2, 0.25) is 5.91 Å². The van der Waals surface area contributed by atoms with Crippen LogP contribution in [0, 0.1) is 17.8 Å². The monoisotopic (exact) mass is 266 g/mol. The summed E-state index contributed by atoms with van der Waals surface area (Å²) in [4.78, 5) is 19.9. The largest absolute Gasteiger partial charge is 0.279 e. The second kappa shape index (κ2) is 4.72. The minimum Gasteiger partial charge on any atom is -0.279 e. The number of carbonyl (C=O) groups is 1. The van der Waals surface area contributed by atoms with E-state index in [0.29, 0.717) is 17.7 Å². The molecule has 2 fully saturated rings. The van der Waals surface area contributed by atoms with E-state index < -0.39 is 0 Å². The average molecular weight is 267 g/mol. The minimum absolute atomic E-state index is 0.0496. The van der Waals surface area contributed by atoms with E-state index >= 15 is 0 Å².